The topological polar surface area (TPSA) is 91.7 Å². The van der Waals surface area contributed by atoms with Crippen LogP contribution < -0.4 is 15.2 Å². The molecule has 0 saturated carbocycles. The summed E-state index contributed by atoms with van der Waals surface area (Å²) in [5.41, 5.74) is 7.23. The third-order valence-corrected chi connectivity index (χ3v) is 3.38. The summed E-state index contributed by atoms with van der Waals surface area (Å²) in [4.78, 5) is 15.1. The molecule has 0 amide bonds. The molecule has 0 aliphatic carbocycles. The van der Waals surface area contributed by atoms with E-state index in [1.807, 2.05) is 6.92 Å². The van der Waals surface area contributed by atoms with Crippen molar-refractivity contribution in [2.24, 2.45) is 5.10 Å². The molecule has 0 unspecified atom stereocenters. The fraction of sp³-hybridized carbons (Fsp3) is 0.214. The van der Waals surface area contributed by atoms with Gasteiger partial charge in [0.15, 0.2) is 11.5 Å². The molecule has 116 valence electrons. The Labute approximate surface area is 135 Å². The lowest BCUT2D eigenvalue weighted by Crippen LogP contribution is -2.04. The van der Waals surface area contributed by atoms with Crippen LogP contribution in [0.3, 0.4) is 0 Å². The smallest absolute Gasteiger partial charge is 0.308 e. The van der Waals surface area contributed by atoms with Crippen LogP contribution in [0.15, 0.2) is 27.9 Å². The predicted molar refractivity (Wildman–Crippen MR) is 86.4 cm³/mol. The summed E-state index contributed by atoms with van der Waals surface area (Å²) in [6.45, 7) is 3.15. The van der Waals surface area contributed by atoms with Gasteiger partial charge in [-0.25, -0.2) is 9.66 Å². The quantitative estimate of drug-likeness (QED) is 0.509. The van der Waals surface area contributed by atoms with E-state index in [0.29, 0.717) is 21.9 Å². The number of halogens is 1. The number of nitrogens with zero attached hydrogens (tertiary/aromatic N) is 3. The van der Waals surface area contributed by atoms with Crippen molar-refractivity contribution in [3.05, 3.63) is 34.1 Å². The zero-order valence-corrected chi connectivity index (χ0v) is 13.9. The molecule has 0 aliphatic rings. The van der Waals surface area contributed by atoms with Crippen molar-refractivity contribution in [3.63, 3.8) is 0 Å². The average molecular weight is 367 g/mol. The van der Waals surface area contributed by atoms with Crippen LogP contribution in [0.4, 0.5) is 5.95 Å². The number of nitrogen functional groups attached to an aromatic ring is 1. The minimum atomic E-state index is -0.423. The van der Waals surface area contributed by atoms with E-state index >= 15 is 0 Å². The van der Waals surface area contributed by atoms with E-state index in [-0.39, 0.29) is 0 Å². The molecule has 1 aromatic heterocycles. The minimum absolute atomic E-state index is 0.299. The number of aryl methyl sites for hydroxylation is 1. The Morgan fingerprint density at radius 2 is 2.18 bits per heavy atom. The van der Waals surface area contributed by atoms with Gasteiger partial charge >= 0.3 is 5.97 Å². The number of benzene rings is 1. The Bertz CT molecular complexity index is 740. The number of aromatic nitrogens is 2. The van der Waals surface area contributed by atoms with Gasteiger partial charge in [-0.3, -0.25) is 4.79 Å². The first-order valence-electron chi connectivity index (χ1n) is 6.32. The Hall–Kier alpha value is -2.35. The molecule has 1 heterocycles. The number of carbonyl (C=O) groups excluding carboxylic acids is 1. The van der Waals surface area contributed by atoms with Gasteiger partial charge in [-0.05, 0) is 35.0 Å². The van der Waals surface area contributed by atoms with E-state index in [1.165, 1.54) is 18.7 Å². The maximum atomic E-state index is 11.1. The van der Waals surface area contributed by atoms with Crippen LogP contribution in [-0.4, -0.2) is 29.0 Å². The molecular formula is C14H15BrN4O3. The second kappa shape index (κ2) is 6.61. The van der Waals surface area contributed by atoms with Crippen LogP contribution in [0.2, 0.25) is 0 Å². The highest BCUT2D eigenvalue weighted by Crippen LogP contribution is 2.33. The van der Waals surface area contributed by atoms with E-state index < -0.39 is 5.97 Å². The fourth-order valence-electron chi connectivity index (χ4n) is 1.76. The molecule has 0 radical (unpaired) electrons. The van der Waals surface area contributed by atoms with Crippen molar-refractivity contribution in [1.29, 1.82) is 0 Å². The van der Waals surface area contributed by atoms with Gasteiger partial charge in [0, 0.05) is 17.0 Å². The number of hydrogen-bond acceptors (Lipinski definition) is 6. The van der Waals surface area contributed by atoms with Gasteiger partial charge < -0.3 is 15.2 Å². The Morgan fingerprint density at radius 1 is 1.45 bits per heavy atom. The summed E-state index contributed by atoms with van der Waals surface area (Å²) in [5, 5.41) is 4.23. The van der Waals surface area contributed by atoms with E-state index in [2.05, 4.69) is 26.0 Å². The van der Waals surface area contributed by atoms with Crippen molar-refractivity contribution in [2.45, 2.75) is 13.8 Å². The van der Waals surface area contributed by atoms with Crippen molar-refractivity contribution < 1.29 is 14.3 Å². The number of methoxy groups -OCH3 is 1. The molecular weight excluding hydrogens is 352 g/mol. The number of imidazole rings is 1. The molecule has 0 aliphatic heterocycles. The maximum absolute atomic E-state index is 11.1. The first-order valence-corrected chi connectivity index (χ1v) is 7.11. The highest BCUT2D eigenvalue weighted by molar-refractivity contribution is 9.10. The van der Waals surface area contributed by atoms with E-state index in [4.69, 9.17) is 15.2 Å². The van der Waals surface area contributed by atoms with E-state index in [0.717, 1.165) is 11.3 Å². The molecule has 0 bridgehead atoms. The predicted octanol–water partition coefficient (Wildman–Crippen LogP) is 2.35. The number of esters is 1. The SMILES string of the molecule is COc1cc(C=Nn2cc(C)nc2N)c(Br)cc1OC(C)=O. The van der Waals surface area contributed by atoms with Crippen LogP contribution in [0.1, 0.15) is 18.2 Å². The van der Waals surface area contributed by atoms with Crippen LogP contribution in [0.25, 0.3) is 0 Å². The van der Waals surface area contributed by atoms with Crippen LogP contribution in [-0.2, 0) is 4.79 Å². The third kappa shape index (κ3) is 3.64. The largest absolute Gasteiger partial charge is 0.493 e. The molecule has 1 aromatic carbocycles. The van der Waals surface area contributed by atoms with Gasteiger partial charge in [0.2, 0.25) is 5.95 Å². The first-order chi connectivity index (χ1) is 10.4. The lowest BCUT2D eigenvalue weighted by Gasteiger charge is -2.10. The average Bonchev–Trinajstić information content (AvgIpc) is 2.75. The molecule has 2 N–H and O–H groups in total. The van der Waals surface area contributed by atoms with Gasteiger partial charge in [-0.15, -0.1) is 0 Å². The fourth-order valence-corrected chi connectivity index (χ4v) is 2.19. The summed E-state index contributed by atoms with van der Waals surface area (Å²) < 4.78 is 12.5. The maximum Gasteiger partial charge on any atom is 0.308 e. The summed E-state index contributed by atoms with van der Waals surface area (Å²) >= 11 is 3.40. The lowest BCUT2D eigenvalue weighted by atomic mass is 10.2. The standard InChI is InChI=1S/C14H15BrN4O3/c1-8-7-19(14(16)18-8)17-6-10-4-12(21-3)13(5-11(10)15)22-9(2)20/h4-7H,1-3H3,(H2,16,18). The monoisotopic (exact) mass is 366 g/mol. The molecule has 22 heavy (non-hydrogen) atoms. The Kier molecular flexibility index (Phi) is 4.81. The van der Waals surface area contributed by atoms with Crippen molar-refractivity contribution in [2.75, 3.05) is 12.8 Å². The van der Waals surface area contributed by atoms with Crippen LogP contribution in [0.5, 0.6) is 11.5 Å². The molecule has 0 atom stereocenters. The zero-order chi connectivity index (χ0) is 16.3. The second-order valence-electron chi connectivity index (χ2n) is 4.45. The lowest BCUT2D eigenvalue weighted by molar-refractivity contribution is -0.132. The zero-order valence-electron chi connectivity index (χ0n) is 12.3. The highest BCUT2D eigenvalue weighted by Gasteiger charge is 2.11. The number of nitrogens with two attached hydrogens (primary N) is 1. The molecule has 0 spiro atoms. The summed E-state index contributed by atoms with van der Waals surface area (Å²) in [6.07, 6.45) is 3.31. The molecule has 7 nitrogen and oxygen atoms in total. The minimum Gasteiger partial charge on any atom is -0.493 e. The third-order valence-electron chi connectivity index (χ3n) is 2.69. The van der Waals surface area contributed by atoms with Crippen molar-refractivity contribution >= 4 is 34.1 Å². The van der Waals surface area contributed by atoms with E-state index in [1.54, 1.807) is 24.5 Å². The number of rotatable bonds is 4. The number of ether oxygens (including phenoxy) is 2. The van der Waals surface area contributed by atoms with Gasteiger partial charge in [0.25, 0.3) is 0 Å². The summed E-state index contributed by atoms with van der Waals surface area (Å²) in [6, 6.07) is 3.34. The molecule has 0 saturated heterocycles. The van der Waals surface area contributed by atoms with Gasteiger partial charge in [-0.1, -0.05) is 0 Å². The summed E-state index contributed by atoms with van der Waals surface area (Å²) in [7, 11) is 1.49. The molecule has 2 aromatic rings. The molecule has 8 heteroatoms. The van der Waals surface area contributed by atoms with Crippen LogP contribution in [0, 0.1) is 6.92 Å². The van der Waals surface area contributed by atoms with Gasteiger partial charge in [-0.2, -0.15) is 5.10 Å². The summed E-state index contributed by atoms with van der Waals surface area (Å²) in [5.74, 6) is 0.633. The molecule has 2 rings (SSSR count). The normalized spacial score (nSPS) is 10.9. The Balaban J connectivity index is 2.35. The van der Waals surface area contributed by atoms with E-state index in [9.17, 15) is 4.79 Å². The Morgan fingerprint density at radius 3 is 2.73 bits per heavy atom. The van der Waals surface area contributed by atoms with Crippen molar-refractivity contribution in [1.82, 2.24) is 9.66 Å². The highest BCUT2D eigenvalue weighted by atomic mass is 79.9. The first kappa shape index (κ1) is 16.0. The second-order valence-corrected chi connectivity index (χ2v) is 5.30. The van der Waals surface area contributed by atoms with Gasteiger partial charge in [0.1, 0.15) is 0 Å². The number of carbonyl (C=O) groups is 1. The number of hydrogen-bond donors (Lipinski definition) is 1. The van der Waals surface area contributed by atoms with Gasteiger partial charge in [0.05, 0.1) is 25.2 Å². The number of anilines is 1. The molecule has 0 fully saturated rings. The van der Waals surface area contributed by atoms with Crippen LogP contribution >= 0.6 is 15.9 Å². The van der Waals surface area contributed by atoms with Crippen molar-refractivity contribution in [3.8, 4) is 11.5 Å².